The first kappa shape index (κ1) is 26.3. The van der Waals surface area contributed by atoms with E-state index in [1.807, 2.05) is 0 Å². The maximum Gasteiger partial charge on any atom is 0.231 e. The van der Waals surface area contributed by atoms with Gasteiger partial charge in [0.25, 0.3) is 0 Å². The Hall–Kier alpha value is 0.340. The summed E-state index contributed by atoms with van der Waals surface area (Å²) in [7, 11) is 6.11. The highest BCUT2D eigenvalue weighted by atomic mass is 33.7. The van der Waals surface area contributed by atoms with E-state index in [1.54, 1.807) is 0 Å². The van der Waals surface area contributed by atoms with Crippen LogP contribution in [0.5, 0.6) is 0 Å². The Morgan fingerprint density at radius 3 is 1.31 bits per heavy atom. The van der Waals surface area contributed by atoms with Crippen LogP contribution in [0.1, 0.15) is 90.9 Å². The standard InChI is InChI=1S/C18H36N2O2S4/c1-3-5-7-9-11-13-15(17(19)21)23-25-26-24-16(18(20)22)14-12-10-8-6-4-2/h15-16H,3-14H2,1-2H3,(H2,19,21)(H2,20,22). The van der Waals surface area contributed by atoms with Crippen LogP contribution < -0.4 is 11.5 Å². The Labute approximate surface area is 175 Å². The lowest BCUT2D eigenvalue weighted by atomic mass is 10.1. The molecule has 2 atom stereocenters. The Balaban J connectivity index is 3.95. The number of carbonyl (C=O) groups excluding carboxylic acids is 2. The van der Waals surface area contributed by atoms with Crippen LogP contribution in [0.4, 0.5) is 0 Å². The molecule has 2 amide bonds. The van der Waals surface area contributed by atoms with E-state index in [1.165, 1.54) is 79.8 Å². The molecule has 0 saturated heterocycles. The first-order chi connectivity index (χ1) is 12.5. The lowest BCUT2D eigenvalue weighted by Crippen LogP contribution is -2.25. The van der Waals surface area contributed by atoms with E-state index in [0.717, 1.165) is 38.5 Å². The van der Waals surface area contributed by atoms with Gasteiger partial charge in [0.1, 0.15) is 0 Å². The smallest absolute Gasteiger partial charge is 0.231 e. The molecule has 0 aliphatic carbocycles. The molecule has 0 fully saturated rings. The van der Waals surface area contributed by atoms with E-state index < -0.39 is 0 Å². The van der Waals surface area contributed by atoms with Crippen molar-refractivity contribution in [1.29, 1.82) is 0 Å². The number of amides is 2. The van der Waals surface area contributed by atoms with Crippen LogP contribution in [-0.4, -0.2) is 22.3 Å². The number of nitrogens with two attached hydrogens (primary N) is 2. The van der Waals surface area contributed by atoms with E-state index in [2.05, 4.69) is 13.8 Å². The summed E-state index contributed by atoms with van der Waals surface area (Å²) in [6.07, 6.45) is 13.5. The summed E-state index contributed by atoms with van der Waals surface area (Å²) >= 11 is 0. The van der Waals surface area contributed by atoms with Gasteiger partial charge in [-0.2, -0.15) is 0 Å². The van der Waals surface area contributed by atoms with Gasteiger partial charge in [-0.1, -0.05) is 99.6 Å². The Bertz CT molecular complexity index is 339. The SMILES string of the molecule is CCCCCCCC(SSSSC(CCCCCCC)C(N)=O)C(N)=O. The molecule has 0 heterocycles. The lowest BCUT2D eigenvalue weighted by Gasteiger charge is -2.14. The van der Waals surface area contributed by atoms with E-state index in [4.69, 9.17) is 11.5 Å². The van der Waals surface area contributed by atoms with Crippen molar-refractivity contribution in [1.82, 2.24) is 0 Å². The number of hydrogen-bond acceptors (Lipinski definition) is 6. The third kappa shape index (κ3) is 15.4. The summed E-state index contributed by atoms with van der Waals surface area (Å²) < 4.78 is 0. The van der Waals surface area contributed by atoms with Crippen molar-refractivity contribution in [3.8, 4) is 0 Å². The molecule has 0 radical (unpaired) electrons. The van der Waals surface area contributed by atoms with Gasteiger partial charge in [0.15, 0.2) is 0 Å². The van der Waals surface area contributed by atoms with Gasteiger partial charge in [0.2, 0.25) is 11.8 Å². The fourth-order valence-corrected chi connectivity index (χ4v) is 9.36. The van der Waals surface area contributed by atoms with Crippen LogP contribution >= 0.6 is 41.2 Å². The van der Waals surface area contributed by atoms with Crippen LogP contribution in [0.2, 0.25) is 0 Å². The summed E-state index contributed by atoms with van der Waals surface area (Å²) in [6.45, 7) is 4.39. The molecular formula is C18H36N2O2S4. The fourth-order valence-electron chi connectivity index (χ4n) is 2.47. The molecule has 0 aromatic heterocycles. The summed E-state index contributed by atoms with van der Waals surface area (Å²) in [4.78, 5) is 23.2. The molecule has 0 aliphatic heterocycles. The zero-order valence-electron chi connectivity index (χ0n) is 16.2. The van der Waals surface area contributed by atoms with Crippen molar-refractivity contribution in [2.24, 2.45) is 11.5 Å². The third-order valence-electron chi connectivity index (χ3n) is 4.11. The second-order valence-electron chi connectivity index (χ2n) is 6.52. The van der Waals surface area contributed by atoms with Gasteiger partial charge in [0.05, 0.1) is 10.5 Å². The first-order valence-electron chi connectivity index (χ1n) is 9.77. The molecule has 0 aliphatic rings. The number of unbranched alkanes of at least 4 members (excludes halogenated alkanes) is 8. The molecule has 0 aromatic carbocycles. The van der Waals surface area contributed by atoms with Crippen molar-refractivity contribution < 1.29 is 9.59 Å². The van der Waals surface area contributed by atoms with Gasteiger partial charge in [-0.05, 0) is 32.5 Å². The molecule has 8 heteroatoms. The summed E-state index contributed by atoms with van der Waals surface area (Å²) in [5.74, 6) is -0.489. The average molecular weight is 441 g/mol. The van der Waals surface area contributed by atoms with Crippen molar-refractivity contribution in [3.63, 3.8) is 0 Å². The van der Waals surface area contributed by atoms with Crippen LogP contribution in [0.25, 0.3) is 0 Å². The number of hydrogen-bond donors (Lipinski definition) is 2. The normalized spacial score (nSPS) is 13.5. The van der Waals surface area contributed by atoms with E-state index in [-0.39, 0.29) is 22.3 Å². The van der Waals surface area contributed by atoms with E-state index in [9.17, 15) is 9.59 Å². The molecule has 0 aromatic rings. The van der Waals surface area contributed by atoms with E-state index in [0.29, 0.717) is 0 Å². The number of rotatable bonds is 19. The molecule has 26 heavy (non-hydrogen) atoms. The molecule has 0 bridgehead atoms. The summed E-state index contributed by atoms with van der Waals surface area (Å²) in [5, 5.41) is -0.313. The quantitative estimate of drug-likeness (QED) is 0.187. The molecule has 2 unspecified atom stereocenters. The average Bonchev–Trinajstić information content (AvgIpc) is 2.60. The highest BCUT2D eigenvalue weighted by molar-refractivity contribution is 9.26. The van der Waals surface area contributed by atoms with Crippen molar-refractivity contribution >= 4 is 53.1 Å². The van der Waals surface area contributed by atoms with E-state index >= 15 is 0 Å². The molecule has 4 nitrogen and oxygen atoms in total. The molecule has 0 saturated carbocycles. The minimum absolute atomic E-state index is 0.157. The minimum atomic E-state index is -0.244. The predicted molar refractivity (Wildman–Crippen MR) is 123 cm³/mol. The predicted octanol–water partition coefficient (Wildman–Crippen LogP) is 6.09. The van der Waals surface area contributed by atoms with Crippen molar-refractivity contribution in [2.75, 3.05) is 0 Å². The summed E-state index contributed by atoms with van der Waals surface area (Å²) in [6, 6.07) is 0. The van der Waals surface area contributed by atoms with Gasteiger partial charge in [0, 0.05) is 0 Å². The Morgan fingerprint density at radius 1 is 0.654 bits per heavy atom. The zero-order valence-corrected chi connectivity index (χ0v) is 19.5. The van der Waals surface area contributed by atoms with Crippen LogP contribution in [0.3, 0.4) is 0 Å². The van der Waals surface area contributed by atoms with Crippen LogP contribution in [-0.2, 0) is 9.59 Å². The second-order valence-corrected chi connectivity index (χ2v) is 12.7. The van der Waals surface area contributed by atoms with Gasteiger partial charge in [-0.15, -0.1) is 0 Å². The third-order valence-corrected chi connectivity index (χ3v) is 11.2. The Kier molecular flexibility index (Phi) is 18.9. The van der Waals surface area contributed by atoms with Crippen LogP contribution in [0, 0.1) is 0 Å². The Morgan fingerprint density at radius 2 is 1.00 bits per heavy atom. The second kappa shape index (κ2) is 18.7. The molecule has 154 valence electrons. The molecule has 4 N–H and O–H groups in total. The lowest BCUT2D eigenvalue weighted by molar-refractivity contribution is -0.118. The number of carbonyl (C=O) groups is 2. The van der Waals surface area contributed by atoms with Gasteiger partial charge >= 0.3 is 0 Å². The highest BCUT2D eigenvalue weighted by Crippen LogP contribution is 2.48. The zero-order chi connectivity index (χ0) is 19.6. The van der Waals surface area contributed by atoms with Gasteiger partial charge < -0.3 is 11.5 Å². The van der Waals surface area contributed by atoms with Gasteiger partial charge in [-0.3, -0.25) is 9.59 Å². The van der Waals surface area contributed by atoms with Crippen molar-refractivity contribution in [3.05, 3.63) is 0 Å². The molecular weight excluding hydrogens is 404 g/mol. The minimum Gasteiger partial charge on any atom is -0.369 e. The van der Waals surface area contributed by atoms with Crippen molar-refractivity contribution in [2.45, 2.75) is 101 Å². The monoisotopic (exact) mass is 440 g/mol. The highest BCUT2D eigenvalue weighted by Gasteiger charge is 2.19. The molecule has 0 spiro atoms. The maximum atomic E-state index is 11.6. The topological polar surface area (TPSA) is 86.2 Å². The first-order valence-corrected chi connectivity index (χ1v) is 14.7. The summed E-state index contributed by atoms with van der Waals surface area (Å²) in [5.41, 5.74) is 11.0. The van der Waals surface area contributed by atoms with Crippen LogP contribution in [0.15, 0.2) is 0 Å². The van der Waals surface area contributed by atoms with Gasteiger partial charge in [-0.25, -0.2) is 0 Å². The maximum absolute atomic E-state index is 11.6. The largest absolute Gasteiger partial charge is 0.369 e. The fraction of sp³-hybridized carbons (Fsp3) is 0.889. The molecule has 0 rings (SSSR count). The number of primary amides is 2.